The van der Waals surface area contributed by atoms with E-state index in [0.717, 1.165) is 17.0 Å². The van der Waals surface area contributed by atoms with Crippen molar-refractivity contribution in [2.45, 2.75) is 30.7 Å². The maximum Gasteiger partial charge on any atom is 0.173 e. The lowest BCUT2D eigenvalue weighted by molar-refractivity contribution is -0.0786. The summed E-state index contributed by atoms with van der Waals surface area (Å²) in [6.45, 7) is 1.92. The lowest BCUT2D eigenvalue weighted by Crippen LogP contribution is -2.50. The quantitative estimate of drug-likeness (QED) is 0.770. The van der Waals surface area contributed by atoms with Crippen molar-refractivity contribution in [3.8, 4) is 17.0 Å². The standard InChI is InChI=1S/C16H18N2O4S/c1-9-11(3-2-6-17-9)12-5-4-10(7-18-12)22-16-15(21)14(20)13(19)8-23-16/h2-7,13-16,19-21H,8H2,1H3/t13-,14+,15-,16-/m1/s1. The summed E-state index contributed by atoms with van der Waals surface area (Å²) >= 11 is 1.26. The average molecular weight is 334 g/mol. The normalized spacial score (nSPS) is 27.7. The second kappa shape index (κ2) is 6.84. The van der Waals surface area contributed by atoms with E-state index in [4.69, 9.17) is 4.74 Å². The van der Waals surface area contributed by atoms with E-state index in [1.165, 1.54) is 11.8 Å². The molecular weight excluding hydrogens is 316 g/mol. The van der Waals surface area contributed by atoms with Crippen molar-refractivity contribution in [3.63, 3.8) is 0 Å². The minimum atomic E-state index is -1.20. The predicted molar refractivity (Wildman–Crippen MR) is 87.1 cm³/mol. The zero-order chi connectivity index (χ0) is 16.4. The topological polar surface area (TPSA) is 95.7 Å². The number of pyridine rings is 2. The van der Waals surface area contributed by atoms with Gasteiger partial charge in [-0.2, -0.15) is 0 Å². The molecular formula is C16H18N2O4S. The highest BCUT2D eigenvalue weighted by atomic mass is 32.2. The first-order valence-corrected chi connectivity index (χ1v) is 8.31. The molecule has 2 aromatic rings. The van der Waals surface area contributed by atoms with Crippen LogP contribution in [0.5, 0.6) is 5.75 Å². The molecule has 0 aliphatic carbocycles. The molecule has 1 aliphatic rings. The van der Waals surface area contributed by atoms with E-state index in [9.17, 15) is 15.3 Å². The highest BCUT2D eigenvalue weighted by Crippen LogP contribution is 2.29. The Labute approximate surface area is 138 Å². The highest BCUT2D eigenvalue weighted by Gasteiger charge is 2.38. The van der Waals surface area contributed by atoms with Gasteiger partial charge in [-0.15, -0.1) is 11.8 Å². The average Bonchev–Trinajstić information content (AvgIpc) is 2.57. The van der Waals surface area contributed by atoms with Crippen LogP contribution in [0, 0.1) is 6.92 Å². The van der Waals surface area contributed by atoms with Crippen LogP contribution in [0.2, 0.25) is 0 Å². The first-order chi connectivity index (χ1) is 11.1. The third-order valence-electron chi connectivity index (χ3n) is 3.73. The van der Waals surface area contributed by atoms with Gasteiger partial charge >= 0.3 is 0 Å². The van der Waals surface area contributed by atoms with Crippen molar-refractivity contribution in [1.29, 1.82) is 0 Å². The van der Waals surface area contributed by atoms with Crippen LogP contribution in [0.15, 0.2) is 36.7 Å². The fourth-order valence-corrected chi connectivity index (χ4v) is 3.50. The van der Waals surface area contributed by atoms with Gasteiger partial charge in [-0.1, -0.05) is 0 Å². The van der Waals surface area contributed by atoms with Crippen molar-refractivity contribution in [2.24, 2.45) is 0 Å². The molecule has 1 saturated heterocycles. The molecule has 3 heterocycles. The first-order valence-electron chi connectivity index (χ1n) is 7.27. The van der Waals surface area contributed by atoms with E-state index in [1.807, 2.05) is 25.1 Å². The Morgan fingerprint density at radius 2 is 1.96 bits per heavy atom. The fourth-order valence-electron chi connectivity index (χ4n) is 2.38. The lowest BCUT2D eigenvalue weighted by atomic mass is 10.1. The molecule has 1 fully saturated rings. The highest BCUT2D eigenvalue weighted by molar-refractivity contribution is 7.99. The summed E-state index contributed by atoms with van der Waals surface area (Å²) in [5, 5.41) is 29.2. The van der Waals surface area contributed by atoms with Crippen LogP contribution in [0.4, 0.5) is 0 Å². The summed E-state index contributed by atoms with van der Waals surface area (Å²) < 4.78 is 5.67. The summed E-state index contributed by atoms with van der Waals surface area (Å²) in [6, 6.07) is 7.39. The summed E-state index contributed by atoms with van der Waals surface area (Å²) in [7, 11) is 0. The third kappa shape index (κ3) is 3.48. The van der Waals surface area contributed by atoms with Crippen molar-refractivity contribution >= 4 is 11.8 Å². The monoisotopic (exact) mass is 334 g/mol. The molecule has 0 saturated carbocycles. The molecule has 3 rings (SSSR count). The summed E-state index contributed by atoms with van der Waals surface area (Å²) in [5.41, 5.74) is 1.99. The van der Waals surface area contributed by atoms with E-state index in [2.05, 4.69) is 9.97 Å². The van der Waals surface area contributed by atoms with Gasteiger partial charge in [0.05, 0.1) is 18.0 Å². The molecule has 4 atom stereocenters. The van der Waals surface area contributed by atoms with Crippen LogP contribution in [0.25, 0.3) is 11.3 Å². The molecule has 2 aromatic heterocycles. The van der Waals surface area contributed by atoms with Gasteiger partial charge in [0.1, 0.15) is 18.0 Å². The molecule has 0 aromatic carbocycles. The Hall–Kier alpha value is -1.67. The first kappa shape index (κ1) is 16.2. The Bertz CT molecular complexity index is 667. The molecule has 0 amide bonds. The van der Waals surface area contributed by atoms with Crippen LogP contribution < -0.4 is 4.74 Å². The summed E-state index contributed by atoms with van der Waals surface area (Å²) in [6.07, 6.45) is 0.0175. The maximum atomic E-state index is 9.95. The molecule has 23 heavy (non-hydrogen) atoms. The van der Waals surface area contributed by atoms with E-state index >= 15 is 0 Å². The Morgan fingerprint density at radius 1 is 1.13 bits per heavy atom. The van der Waals surface area contributed by atoms with Crippen LogP contribution in [-0.2, 0) is 0 Å². The van der Waals surface area contributed by atoms with Gasteiger partial charge in [0, 0.05) is 23.2 Å². The molecule has 0 radical (unpaired) electrons. The van der Waals surface area contributed by atoms with Gasteiger partial charge in [0.25, 0.3) is 0 Å². The lowest BCUT2D eigenvalue weighted by Gasteiger charge is -2.34. The minimum Gasteiger partial charge on any atom is -0.475 e. The number of aryl methyl sites for hydroxylation is 1. The minimum absolute atomic E-state index is 0.309. The SMILES string of the molecule is Cc1ncccc1-c1ccc(O[C@@H]2SC[C@@H](O)[C@H](O)[C@H]2O)cn1. The van der Waals surface area contributed by atoms with Crippen molar-refractivity contribution in [1.82, 2.24) is 9.97 Å². The van der Waals surface area contributed by atoms with E-state index in [1.54, 1.807) is 18.5 Å². The number of hydrogen-bond acceptors (Lipinski definition) is 7. The number of hydrogen-bond donors (Lipinski definition) is 3. The van der Waals surface area contributed by atoms with Crippen molar-refractivity contribution in [3.05, 3.63) is 42.4 Å². The molecule has 0 unspecified atom stereocenters. The van der Waals surface area contributed by atoms with Gasteiger partial charge in [-0.25, -0.2) is 0 Å². The second-order valence-corrected chi connectivity index (χ2v) is 6.51. The van der Waals surface area contributed by atoms with E-state index < -0.39 is 23.7 Å². The largest absolute Gasteiger partial charge is 0.475 e. The molecule has 1 aliphatic heterocycles. The zero-order valence-corrected chi connectivity index (χ0v) is 13.3. The number of ether oxygens (including phenoxy) is 1. The number of nitrogens with zero attached hydrogens (tertiary/aromatic N) is 2. The summed E-state index contributed by atoms with van der Waals surface area (Å²) in [5.74, 6) is 0.805. The second-order valence-electron chi connectivity index (χ2n) is 5.38. The van der Waals surface area contributed by atoms with Gasteiger partial charge in [0.15, 0.2) is 5.44 Å². The number of rotatable bonds is 3. The maximum absolute atomic E-state index is 9.95. The smallest absolute Gasteiger partial charge is 0.173 e. The van der Waals surface area contributed by atoms with Crippen molar-refractivity contribution < 1.29 is 20.1 Å². The van der Waals surface area contributed by atoms with Crippen LogP contribution >= 0.6 is 11.8 Å². The van der Waals surface area contributed by atoms with Crippen LogP contribution in [-0.4, -0.2) is 54.8 Å². The number of thioether (sulfide) groups is 1. The third-order valence-corrected chi connectivity index (χ3v) is 4.96. The predicted octanol–water partition coefficient (Wildman–Crippen LogP) is 0.986. The number of aliphatic hydroxyl groups excluding tert-OH is 3. The van der Waals surface area contributed by atoms with Crippen LogP contribution in [0.1, 0.15) is 5.69 Å². The van der Waals surface area contributed by atoms with Gasteiger partial charge in [-0.05, 0) is 31.2 Å². The Kier molecular flexibility index (Phi) is 4.82. The molecule has 7 heteroatoms. The van der Waals surface area contributed by atoms with Gasteiger partial charge < -0.3 is 20.1 Å². The van der Waals surface area contributed by atoms with Crippen molar-refractivity contribution in [2.75, 3.05) is 5.75 Å². The van der Waals surface area contributed by atoms with E-state index in [0.29, 0.717) is 11.5 Å². The number of aliphatic hydroxyl groups is 3. The molecule has 3 N–H and O–H groups in total. The van der Waals surface area contributed by atoms with E-state index in [-0.39, 0.29) is 0 Å². The zero-order valence-electron chi connectivity index (χ0n) is 12.5. The van der Waals surface area contributed by atoms with Gasteiger partial charge in [0.2, 0.25) is 0 Å². The fraction of sp³-hybridized carbons (Fsp3) is 0.375. The van der Waals surface area contributed by atoms with Gasteiger partial charge in [-0.3, -0.25) is 9.97 Å². The number of aromatic nitrogens is 2. The molecule has 6 nitrogen and oxygen atoms in total. The summed E-state index contributed by atoms with van der Waals surface area (Å²) in [4.78, 5) is 8.60. The molecule has 0 bridgehead atoms. The molecule has 0 spiro atoms. The Balaban J connectivity index is 1.72. The van der Waals surface area contributed by atoms with Crippen LogP contribution in [0.3, 0.4) is 0 Å². The molecule has 122 valence electrons. The Morgan fingerprint density at radius 3 is 2.65 bits per heavy atom.